The Morgan fingerprint density at radius 3 is 2.67 bits per heavy atom. The fraction of sp³-hybridized carbons (Fsp3) is 1.00. The molecule has 0 saturated carbocycles. The number of alkyl halides is 3. The number of rotatable bonds is 6. The summed E-state index contributed by atoms with van der Waals surface area (Å²) in [6, 6.07) is 0. The Kier molecular flexibility index (Phi) is 6.00. The van der Waals surface area contributed by atoms with Crippen molar-refractivity contribution in [3.63, 3.8) is 0 Å². The normalized spacial score (nSPS) is 26.8. The van der Waals surface area contributed by atoms with Crippen molar-refractivity contribution in [2.45, 2.75) is 38.4 Å². The molecule has 0 aromatic heterocycles. The zero-order valence-corrected chi connectivity index (χ0v) is 10.6. The van der Waals surface area contributed by atoms with Crippen LogP contribution in [-0.2, 0) is 4.74 Å². The SMILES string of the molecule is CC1CCC(CN(CCBr)CC(F)F)O1. The molecule has 0 radical (unpaired) electrons. The van der Waals surface area contributed by atoms with E-state index in [1.807, 2.05) is 6.92 Å². The first-order chi connectivity index (χ1) is 7.11. The van der Waals surface area contributed by atoms with Crippen LogP contribution in [0.5, 0.6) is 0 Å². The summed E-state index contributed by atoms with van der Waals surface area (Å²) < 4.78 is 30.1. The van der Waals surface area contributed by atoms with Crippen molar-refractivity contribution in [1.82, 2.24) is 4.90 Å². The van der Waals surface area contributed by atoms with E-state index in [4.69, 9.17) is 4.74 Å². The Morgan fingerprint density at radius 1 is 1.47 bits per heavy atom. The van der Waals surface area contributed by atoms with Crippen LogP contribution in [0.4, 0.5) is 8.78 Å². The third kappa shape index (κ3) is 5.22. The zero-order valence-electron chi connectivity index (χ0n) is 8.96. The van der Waals surface area contributed by atoms with Gasteiger partial charge in [-0.25, -0.2) is 8.78 Å². The molecule has 1 aliphatic heterocycles. The average molecular weight is 286 g/mol. The van der Waals surface area contributed by atoms with Crippen LogP contribution in [0.2, 0.25) is 0 Å². The lowest BCUT2D eigenvalue weighted by Crippen LogP contribution is -2.37. The van der Waals surface area contributed by atoms with E-state index in [1.165, 1.54) is 0 Å². The second-order valence-electron chi connectivity index (χ2n) is 3.99. The highest BCUT2D eigenvalue weighted by Gasteiger charge is 2.24. The molecule has 2 unspecified atom stereocenters. The minimum atomic E-state index is -2.26. The first-order valence-corrected chi connectivity index (χ1v) is 6.46. The predicted molar refractivity (Wildman–Crippen MR) is 59.8 cm³/mol. The molecule has 2 atom stereocenters. The first-order valence-electron chi connectivity index (χ1n) is 5.33. The van der Waals surface area contributed by atoms with E-state index in [1.54, 1.807) is 4.90 Å². The van der Waals surface area contributed by atoms with Crippen molar-refractivity contribution in [3.8, 4) is 0 Å². The molecule has 1 saturated heterocycles. The maximum atomic E-state index is 12.3. The first kappa shape index (κ1) is 13.3. The second-order valence-corrected chi connectivity index (χ2v) is 4.78. The van der Waals surface area contributed by atoms with E-state index in [9.17, 15) is 8.78 Å². The van der Waals surface area contributed by atoms with Gasteiger partial charge in [0.05, 0.1) is 18.8 Å². The Bertz CT molecular complexity index is 183. The fourth-order valence-electron chi connectivity index (χ4n) is 1.88. The van der Waals surface area contributed by atoms with Crippen LogP contribution in [0.3, 0.4) is 0 Å². The fourth-order valence-corrected chi connectivity index (χ4v) is 2.38. The molecule has 1 rings (SSSR count). The molecule has 90 valence electrons. The van der Waals surface area contributed by atoms with E-state index in [2.05, 4.69) is 15.9 Å². The molecule has 2 nitrogen and oxygen atoms in total. The molecule has 1 aliphatic rings. The summed E-state index contributed by atoms with van der Waals surface area (Å²) in [4.78, 5) is 1.77. The number of halogens is 3. The topological polar surface area (TPSA) is 12.5 Å². The second kappa shape index (κ2) is 6.76. The monoisotopic (exact) mass is 285 g/mol. The van der Waals surface area contributed by atoms with Crippen molar-refractivity contribution in [3.05, 3.63) is 0 Å². The van der Waals surface area contributed by atoms with E-state index < -0.39 is 6.43 Å². The summed E-state index contributed by atoms with van der Waals surface area (Å²) in [6.07, 6.45) is 0.193. The highest BCUT2D eigenvalue weighted by Crippen LogP contribution is 2.20. The highest BCUT2D eigenvalue weighted by molar-refractivity contribution is 9.09. The molecule has 0 amide bonds. The van der Waals surface area contributed by atoms with Crippen LogP contribution in [0.25, 0.3) is 0 Å². The number of hydrogen-bond acceptors (Lipinski definition) is 2. The predicted octanol–water partition coefficient (Wildman–Crippen LogP) is 2.52. The van der Waals surface area contributed by atoms with E-state index >= 15 is 0 Å². The van der Waals surface area contributed by atoms with E-state index in [0.717, 1.165) is 18.2 Å². The molecule has 0 aromatic carbocycles. The van der Waals surface area contributed by atoms with Crippen molar-refractivity contribution in [1.29, 1.82) is 0 Å². The lowest BCUT2D eigenvalue weighted by atomic mass is 10.2. The Balaban J connectivity index is 2.30. The van der Waals surface area contributed by atoms with Gasteiger partial charge in [0.2, 0.25) is 0 Å². The van der Waals surface area contributed by atoms with Crippen LogP contribution in [0.1, 0.15) is 19.8 Å². The Hall–Kier alpha value is 0.260. The van der Waals surface area contributed by atoms with Crippen molar-refractivity contribution < 1.29 is 13.5 Å². The third-order valence-corrected chi connectivity index (χ3v) is 2.93. The van der Waals surface area contributed by atoms with Crippen LogP contribution < -0.4 is 0 Å². The standard InChI is InChI=1S/C10H18BrF2NO/c1-8-2-3-9(15-8)6-14(5-4-11)7-10(12)13/h8-10H,2-7H2,1H3. The van der Waals surface area contributed by atoms with Crippen molar-refractivity contribution >= 4 is 15.9 Å². The maximum Gasteiger partial charge on any atom is 0.251 e. The maximum absolute atomic E-state index is 12.3. The highest BCUT2D eigenvalue weighted by atomic mass is 79.9. The summed E-state index contributed by atoms with van der Waals surface area (Å²) in [6.45, 7) is 3.15. The molecule has 0 aromatic rings. The van der Waals surface area contributed by atoms with Crippen LogP contribution in [0, 0.1) is 0 Å². The number of hydrogen-bond donors (Lipinski definition) is 0. The Morgan fingerprint density at radius 2 is 2.20 bits per heavy atom. The lowest BCUT2D eigenvalue weighted by molar-refractivity contribution is 0.0166. The molecule has 1 heterocycles. The third-order valence-electron chi connectivity index (χ3n) is 2.58. The zero-order chi connectivity index (χ0) is 11.3. The van der Waals surface area contributed by atoms with Gasteiger partial charge in [-0.1, -0.05) is 15.9 Å². The molecular formula is C10H18BrF2NO. The van der Waals surface area contributed by atoms with Crippen LogP contribution in [-0.4, -0.2) is 48.5 Å². The van der Waals surface area contributed by atoms with E-state index in [-0.39, 0.29) is 18.8 Å². The molecule has 1 fully saturated rings. The quantitative estimate of drug-likeness (QED) is 0.696. The van der Waals surface area contributed by atoms with Gasteiger partial charge in [0.25, 0.3) is 6.43 Å². The smallest absolute Gasteiger partial charge is 0.251 e. The van der Waals surface area contributed by atoms with Crippen molar-refractivity contribution in [2.24, 2.45) is 0 Å². The van der Waals surface area contributed by atoms with Gasteiger partial charge < -0.3 is 4.74 Å². The van der Waals surface area contributed by atoms with Crippen LogP contribution in [0.15, 0.2) is 0 Å². The molecule has 0 aliphatic carbocycles. The summed E-state index contributed by atoms with van der Waals surface area (Å²) in [5.41, 5.74) is 0. The Labute approximate surface area is 98.1 Å². The summed E-state index contributed by atoms with van der Waals surface area (Å²) in [7, 11) is 0. The van der Waals surface area contributed by atoms with Gasteiger partial charge in [0, 0.05) is 18.4 Å². The minimum absolute atomic E-state index is 0.137. The molecule has 15 heavy (non-hydrogen) atoms. The number of nitrogens with zero attached hydrogens (tertiary/aromatic N) is 1. The minimum Gasteiger partial charge on any atom is -0.374 e. The summed E-state index contributed by atoms with van der Waals surface area (Å²) in [5, 5.41) is 0.724. The number of ether oxygens (including phenoxy) is 1. The average Bonchev–Trinajstić information content (AvgIpc) is 2.50. The van der Waals surface area contributed by atoms with Gasteiger partial charge in [0.15, 0.2) is 0 Å². The summed E-state index contributed by atoms with van der Waals surface area (Å²) >= 11 is 3.27. The summed E-state index contributed by atoms with van der Waals surface area (Å²) in [5.74, 6) is 0. The van der Waals surface area contributed by atoms with Gasteiger partial charge in [-0.3, -0.25) is 4.90 Å². The van der Waals surface area contributed by atoms with Gasteiger partial charge in [-0.2, -0.15) is 0 Å². The van der Waals surface area contributed by atoms with Crippen molar-refractivity contribution in [2.75, 3.05) is 25.0 Å². The molecular weight excluding hydrogens is 268 g/mol. The van der Waals surface area contributed by atoms with Gasteiger partial charge >= 0.3 is 0 Å². The van der Waals surface area contributed by atoms with Gasteiger partial charge in [0.1, 0.15) is 0 Å². The molecule has 0 spiro atoms. The molecule has 0 bridgehead atoms. The molecule has 5 heteroatoms. The largest absolute Gasteiger partial charge is 0.374 e. The lowest BCUT2D eigenvalue weighted by Gasteiger charge is -2.24. The van der Waals surface area contributed by atoms with Crippen LogP contribution >= 0.6 is 15.9 Å². The molecule has 0 N–H and O–H groups in total. The van der Waals surface area contributed by atoms with E-state index in [0.29, 0.717) is 13.1 Å². The van der Waals surface area contributed by atoms with Gasteiger partial charge in [-0.05, 0) is 19.8 Å². The van der Waals surface area contributed by atoms with Gasteiger partial charge in [-0.15, -0.1) is 0 Å².